The van der Waals surface area contributed by atoms with Gasteiger partial charge in [-0.2, -0.15) is 0 Å². The number of aliphatic carboxylic acids is 1. The number of thioether (sulfide) groups is 1. The summed E-state index contributed by atoms with van der Waals surface area (Å²) < 4.78 is 0. The van der Waals surface area contributed by atoms with E-state index in [2.05, 4.69) is 5.32 Å². The molecule has 1 aliphatic rings. The number of aryl methyl sites for hydroxylation is 1. The highest BCUT2D eigenvalue weighted by Crippen LogP contribution is 2.28. The fourth-order valence-electron chi connectivity index (χ4n) is 2.57. The van der Waals surface area contributed by atoms with Gasteiger partial charge in [0.15, 0.2) is 0 Å². The number of anilines is 1. The van der Waals surface area contributed by atoms with Gasteiger partial charge >= 0.3 is 5.97 Å². The Morgan fingerprint density at radius 1 is 1.32 bits per heavy atom. The molecule has 1 atom stereocenters. The zero-order chi connectivity index (χ0) is 18.6. The van der Waals surface area contributed by atoms with E-state index in [9.17, 15) is 14.4 Å². The number of amides is 2. The van der Waals surface area contributed by atoms with Crippen LogP contribution in [0.4, 0.5) is 5.69 Å². The summed E-state index contributed by atoms with van der Waals surface area (Å²) in [7, 11) is 0. The Morgan fingerprint density at radius 3 is 2.68 bits per heavy atom. The molecule has 7 heteroatoms. The van der Waals surface area contributed by atoms with Crippen molar-refractivity contribution in [1.82, 2.24) is 4.90 Å². The Balaban J connectivity index is 2.05. The minimum Gasteiger partial charge on any atom is -0.481 e. The van der Waals surface area contributed by atoms with E-state index in [1.165, 1.54) is 0 Å². The van der Waals surface area contributed by atoms with Crippen LogP contribution in [0, 0.1) is 5.41 Å². The molecule has 1 aromatic carbocycles. The molecule has 1 heterocycles. The van der Waals surface area contributed by atoms with Gasteiger partial charge in [-0.25, -0.2) is 0 Å². The summed E-state index contributed by atoms with van der Waals surface area (Å²) in [6.07, 6.45) is 0.456. The van der Waals surface area contributed by atoms with E-state index in [4.69, 9.17) is 5.11 Å². The van der Waals surface area contributed by atoms with Gasteiger partial charge in [0.05, 0.1) is 5.88 Å². The Labute approximate surface area is 152 Å². The lowest BCUT2D eigenvalue weighted by Crippen LogP contribution is -2.48. The van der Waals surface area contributed by atoms with E-state index in [-0.39, 0.29) is 18.2 Å². The van der Waals surface area contributed by atoms with E-state index >= 15 is 0 Å². The number of carbonyl (C=O) groups excluding carboxylic acids is 2. The third-order valence-corrected chi connectivity index (χ3v) is 4.92. The van der Waals surface area contributed by atoms with E-state index in [0.29, 0.717) is 23.7 Å². The average molecular weight is 364 g/mol. The zero-order valence-corrected chi connectivity index (χ0v) is 15.6. The normalized spacial score (nSPS) is 17.4. The monoisotopic (exact) mass is 364 g/mol. The summed E-state index contributed by atoms with van der Waals surface area (Å²) in [5, 5.41) is 11.6. The minimum absolute atomic E-state index is 0.0344. The molecule has 1 aromatic rings. The largest absolute Gasteiger partial charge is 0.481 e. The van der Waals surface area contributed by atoms with Gasteiger partial charge in [-0.3, -0.25) is 14.4 Å². The molecule has 0 bridgehead atoms. The van der Waals surface area contributed by atoms with Crippen molar-refractivity contribution < 1.29 is 19.5 Å². The predicted molar refractivity (Wildman–Crippen MR) is 98.4 cm³/mol. The molecular weight excluding hydrogens is 340 g/mol. The molecule has 1 saturated heterocycles. The van der Waals surface area contributed by atoms with Gasteiger partial charge < -0.3 is 15.3 Å². The summed E-state index contributed by atoms with van der Waals surface area (Å²) in [5.74, 6) is -0.00117. The van der Waals surface area contributed by atoms with Crippen molar-refractivity contribution in [2.75, 3.05) is 16.9 Å². The first kappa shape index (κ1) is 19.3. The van der Waals surface area contributed by atoms with Gasteiger partial charge in [0.25, 0.3) is 0 Å². The fraction of sp³-hybridized carbons (Fsp3) is 0.500. The van der Waals surface area contributed by atoms with Gasteiger partial charge in [-0.15, -0.1) is 11.8 Å². The van der Waals surface area contributed by atoms with E-state index in [0.717, 1.165) is 5.56 Å². The number of hydrogen-bond donors (Lipinski definition) is 2. The minimum atomic E-state index is -0.853. The van der Waals surface area contributed by atoms with Gasteiger partial charge in [-0.1, -0.05) is 32.9 Å². The number of carboxylic acid groups (broad SMARTS) is 1. The van der Waals surface area contributed by atoms with Crippen LogP contribution in [0.25, 0.3) is 0 Å². The third-order valence-electron chi connectivity index (χ3n) is 3.91. The number of benzene rings is 1. The molecule has 136 valence electrons. The first-order chi connectivity index (χ1) is 11.7. The second kappa shape index (κ2) is 7.91. The van der Waals surface area contributed by atoms with Crippen molar-refractivity contribution in [2.24, 2.45) is 5.41 Å². The number of nitrogens with zero attached hydrogens (tertiary/aromatic N) is 1. The third kappa shape index (κ3) is 5.22. The van der Waals surface area contributed by atoms with Crippen LogP contribution in [0.2, 0.25) is 0 Å². The second-order valence-corrected chi connectivity index (χ2v) is 8.12. The smallest absolute Gasteiger partial charge is 0.303 e. The van der Waals surface area contributed by atoms with Crippen LogP contribution >= 0.6 is 11.8 Å². The van der Waals surface area contributed by atoms with Crippen LogP contribution < -0.4 is 5.32 Å². The standard InChI is InChI=1S/C18H24N2O4S/c1-18(2,3)17(24)20-11-25-10-14(20)16(23)19-13-6-4-5-12(9-13)7-8-15(21)22/h4-6,9,14H,7-8,10-11H2,1-3H3,(H,19,23)(H,21,22). The van der Waals surface area contributed by atoms with Crippen molar-refractivity contribution in [3.8, 4) is 0 Å². The van der Waals surface area contributed by atoms with Crippen molar-refractivity contribution >= 4 is 35.2 Å². The molecule has 1 aliphatic heterocycles. The zero-order valence-electron chi connectivity index (χ0n) is 14.7. The van der Waals surface area contributed by atoms with Crippen LogP contribution in [-0.2, 0) is 20.8 Å². The summed E-state index contributed by atoms with van der Waals surface area (Å²) in [6.45, 7) is 5.54. The van der Waals surface area contributed by atoms with Crippen LogP contribution in [0.5, 0.6) is 0 Å². The van der Waals surface area contributed by atoms with E-state index < -0.39 is 17.4 Å². The maximum absolute atomic E-state index is 12.6. The van der Waals surface area contributed by atoms with Crippen LogP contribution in [-0.4, -0.2) is 45.5 Å². The first-order valence-electron chi connectivity index (χ1n) is 8.19. The molecule has 2 N–H and O–H groups in total. The summed E-state index contributed by atoms with van der Waals surface area (Å²) in [6, 6.07) is 6.67. The molecule has 0 saturated carbocycles. The predicted octanol–water partition coefficient (Wildman–Crippen LogP) is 2.59. The highest BCUT2D eigenvalue weighted by molar-refractivity contribution is 7.99. The Morgan fingerprint density at radius 2 is 2.04 bits per heavy atom. The highest BCUT2D eigenvalue weighted by Gasteiger charge is 2.38. The lowest BCUT2D eigenvalue weighted by Gasteiger charge is -2.29. The topological polar surface area (TPSA) is 86.7 Å². The number of hydrogen-bond acceptors (Lipinski definition) is 4. The lowest BCUT2D eigenvalue weighted by atomic mass is 9.94. The molecule has 0 aromatic heterocycles. The molecule has 1 unspecified atom stereocenters. The fourth-order valence-corrected chi connectivity index (χ4v) is 3.73. The van der Waals surface area contributed by atoms with Crippen molar-refractivity contribution in [1.29, 1.82) is 0 Å². The molecule has 0 spiro atoms. The van der Waals surface area contributed by atoms with E-state index in [1.54, 1.807) is 34.9 Å². The molecule has 2 amide bonds. The Kier molecular flexibility index (Phi) is 6.11. The highest BCUT2D eigenvalue weighted by atomic mass is 32.2. The maximum atomic E-state index is 12.6. The number of carbonyl (C=O) groups is 3. The van der Waals surface area contributed by atoms with Crippen molar-refractivity contribution in [3.63, 3.8) is 0 Å². The summed E-state index contributed by atoms with van der Waals surface area (Å²) in [4.78, 5) is 37.4. The number of carboxylic acids is 1. The van der Waals surface area contributed by atoms with Gasteiger partial charge in [0, 0.05) is 23.3 Å². The molecule has 0 aliphatic carbocycles. The average Bonchev–Trinajstić information content (AvgIpc) is 3.01. The molecule has 0 radical (unpaired) electrons. The number of rotatable bonds is 5. The second-order valence-electron chi connectivity index (χ2n) is 7.12. The van der Waals surface area contributed by atoms with Crippen LogP contribution in [0.1, 0.15) is 32.8 Å². The quantitative estimate of drug-likeness (QED) is 0.839. The SMILES string of the molecule is CC(C)(C)C(=O)N1CSCC1C(=O)Nc1cccc(CCC(=O)O)c1. The number of nitrogens with one attached hydrogen (secondary N) is 1. The maximum Gasteiger partial charge on any atom is 0.303 e. The Bertz CT molecular complexity index is 669. The molecule has 25 heavy (non-hydrogen) atoms. The lowest BCUT2D eigenvalue weighted by molar-refractivity contribution is -0.143. The molecule has 1 fully saturated rings. The summed E-state index contributed by atoms with van der Waals surface area (Å²) in [5.41, 5.74) is 0.941. The van der Waals surface area contributed by atoms with Crippen molar-refractivity contribution in [3.05, 3.63) is 29.8 Å². The molecule has 2 rings (SSSR count). The van der Waals surface area contributed by atoms with Crippen LogP contribution in [0.15, 0.2) is 24.3 Å². The Hall–Kier alpha value is -2.02. The van der Waals surface area contributed by atoms with Gasteiger partial charge in [-0.05, 0) is 24.1 Å². The van der Waals surface area contributed by atoms with Crippen LogP contribution in [0.3, 0.4) is 0 Å². The summed E-state index contributed by atoms with van der Waals surface area (Å²) >= 11 is 1.57. The van der Waals surface area contributed by atoms with E-state index in [1.807, 2.05) is 26.8 Å². The first-order valence-corrected chi connectivity index (χ1v) is 9.34. The van der Waals surface area contributed by atoms with Gasteiger partial charge in [0.2, 0.25) is 11.8 Å². The van der Waals surface area contributed by atoms with Gasteiger partial charge in [0.1, 0.15) is 6.04 Å². The molecule has 6 nitrogen and oxygen atoms in total. The van der Waals surface area contributed by atoms with Crippen molar-refractivity contribution in [2.45, 2.75) is 39.7 Å². The molecular formula is C18H24N2O4S.